The van der Waals surface area contributed by atoms with Crippen LogP contribution in [0.2, 0.25) is 0 Å². The first-order valence-corrected chi connectivity index (χ1v) is 11.0. The van der Waals surface area contributed by atoms with Crippen LogP contribution in [0.4, 0.5) is 10.1 Å². The zero-order valence-electron chi connectivity index (χ0n) is 16.4. The van der Waals surface area contributed by atoms with Crippen molar-refractivity contribution >= 4 is 39.3 Å². The molecule has 1 aromatic heterocycles. The summed E-state index contributed by atoms with van der Waals surface area (Å²) in [6, 6.07) is 12.6. The van der Waals surface area contributed by atoms with Crippen molar-refractivity contribution in [2.24, 2.45) is 0 Å². The lowest BCUT2D eigenvalue weighted by Crippen LogP contribution is -2.23. The standard InChI is InChI=1S/C21H22BrFN4OS/c1-4-10-27-19(15-7-5-6-13(2)11-15)25-26-21(27)29-14(3)20(28)24-18-9-8-16(22)12-17(18)23/h5-9,11-12,14H,4,10H2,1-3H3,(H,24,28). The summed E-state index contributed by atoms with van der Waals surface area (Å²) in [5.74, 6) is 0.00444. The molecule has 8 heteroatoms. The van der Waals surface area contributed by atoms with Gasteiger partial charge in [0.1, 0.15) is 5.82 Å². The average molecular weight is 477 g/mol. The third-order valence-electron chi connectivity index (χ3n) is 4.28. The van der Waals surface area contributed by atoms with Crippen LogP contribution in [-0.4, -0.2) is 25.9 Å². The second-order valence-corrected chi connectivity index (χ2v) is 8.92. The van der Waals surface area contributed by atoms with Crippen LogP contribution < -0.4 is 5.32 Å². The maximum absolute atomic E-state index is 14.0. The molecule has 1 N–H and O–H groups in total. The van der Waals surface area contributed by atoms with E-state index in [0.29, 0.717) is 9.63 Å². The number of aryl methyl sites for hydroxylation is 1. The number of thioether (sulfide) groups is 1. The number of hydrogen-bond acceptors (Lipinski definition) is 4. The van der Waals surface area contributed by atoms with E-state index in [0.717, 1.165) is 29.9 Å². The summed E-state index contributed by atoms with van der Waals surface area (Å²) in [6.07, 6.45) is 0.912. The van der Waals surface area contributed by atoms with Gasteiger partial charge in [-0.15, -0.1) is 10.2 Å². The lowest BCUT2D eigenvalue weighted by Gasteiger charge is -2.14. The second-order valence-electron chi connectivity index (χ2n) is 6.70. The van der Waals surface area contributed by atoms with Crippen molar-refractivity contribution in [3.8, 4) is 11.4 Å². The van der Waals surface area contributed by atoms with Crippen molar-refractivity contribution in [1.82, 2.24) is 14.8 Å². The van der Waals surface area contributed by atoms with Gasteiger partial charge in [-0.1, -0.05) is 58.4 Å². The molecule has 0 saturated carbocycles. The van der Waals surface area contributed by atoms with E-state index in [1.54, 1.807) is 13.0 Å². The van der Waals surface area contributed by atoms with Crippen molar-refractivity contribution in [2.75, 3.05) is 5.32 Å². The number of rotatable bonds is 7. The third-order valence-corrected chi connectivity index (χ3v) is 5.85. The summed E-state index contributed by atoms with van der Waals surface area (Å²) in [5.41, 5.74) is 2.29. The van der Waals surface area contributed by atoms with Crippen LogP contribution in [0.3, 0.4) is 0 Å². The lowest BCUT2D eigenvalue weighted by atomic mass is 10.1. The van der Waals surface area contributed by atoms with Gasteiger partial charge in [0.2, 0.25) is 5.91 Å². The topological polar surface area (TPSA) is 59.8 Å². The number of nitrogens with zero attached hydrogens (tertiary/aromatic N) is 3. The molecule has 2 aromatic carbocycles. The zero-order chi connectivity index (χ0) is 21.0. The molecule has 0 radical (unpaired) electrons. The zero-order valence-corrected chi connectivity index (χ0v) is 18.8. The second kappa shape index (κ2) is 9.54. The number of benzene rings is 2. The van der Waals surface area contributed by atoms with Crippen LogP contribution in [0, 0.1) is 12.7 Å². The van der Waals surface area contributed by atoms with Gasteiger partial charge in [-0.25, -0.2) is 4.39 Å². The third kappa shape index (κ3) is 5.25. The summed E-state index contributed by atoms with van der Waals surface area (Å²) in [6.45, 7) is 6.64. The molecule has 3 rings (SSSR count). The van der Waals surface area contributed by atoms with Crippen molar-refractivity contribution in [1.29, 1.82) is 0 Å². The fraction of sp³-hybridized carbons (Fsp3) is 0.286. The van der Waals surface area contributed by atoms with Gasteiger partial charge in [-0.05, 0) is 44.5 Å². The Hall–Kier alpha value is -2.19. The molecular formula is C21H22BrFN4OS. The number of amides is 1. The largest absolute Gasteiger partial charge is 0.323 e. The first-order valence-electron chi connectivity index (χ1n) is 9.32. The summed E-state index contributed by atoms with van der Waals surface area (Å²) in [5, 5.41) is 11.5. The number of nitrogens with one attached hydrogen (secondary N) is 1. The molecule has 1 amide bonds. The molecule has 0 aliphatic heterocycles. The van der Waals surface area contributed by atoms with E-state index >= 15 is 0 Å². The highest BCUT2D eigenvalue weighted by Gasteiger charge is 2.21. The molecule has 5 nitrogen and oxygen atoms in total. The molecule has 152 valence electrons. The van der Waals surface area contributed by atoms with Gasteiger partial charge in [0.25, 0.3) is 0 Å². The molecule has 0 aliphatic carbocycles. The van der Waals surface area contributed by atoms with E-state index in [2.05, 4.69) is 44.4 Å². The lowest BCUT2D eigenvalue weighted by molar-refractivity contribution is -0.115. The van der Waals surface area contributed by atoms with Crippen LogP contribution in [-0.2, 0) is 11.3 Å². The highest BCUT2D eigenvalue weighted by atomic mass is 79.9. The van der Waals surface area contributed by atoms with Gasteiger partial charge >= 0.3 is 0 Å². The quantitative estimate of drug-likeness (QED) is 0.445. The van der Waals surface area contributed by atoms with Crippen molar-refractivity contribution in [2.45, 2.75) is 44.1 Å². The summed E-state index contributed by atoms with van der Waals surface area (Å²) in [4.78, 5) is 12.6. The van der Waals surface area contributed by atoms with Crippen LogP contribution in [0.1, 0.15) is 25.8 Å². The van der Waals surface area contributed by atoms with Gasteiger partial charge in [0.15, 0.2) is 11.0 Å². The van der Waals surface area contributed by atoms with E-state index in [1.807, 2.05) is 29.7 Å². The SMILES string of the molecule is CCCn1c(SC(C)C(=O)Nc2ccc(Br)cc2F)nnc1-c1cccc(C)c1. The predicted molar refractivity (Wildman–Crippen MR) is 119 cm³/mol. The number of anilines is 1. The van der Waals surface area contributed by atoms with Crippen LogP contribution >= 0.6 is 27.7 Å². The predicted octanol–water partition coefficient (Wildman–Crippen LogP) is 5.68. The molecule has 0 bridgehead atoms. The maximum Gasteiger partial charge on any atom is 0.237 e. The van der Waals surface area contributed by atoms with Crippen LogP contribution in [0.5, 0.6) is 0 Å². The fourth-order valence-corrected chi connectivity index (χ4v) is 4.04. The van der Waals surface area contributed by atoms with Gasteiger partial charge in [0.05, 0.1) is 10.9 Å². The van der Waals surface area contributed by atoms with Gasteiger partial charge < -0.3 is 9.88 Å². The molecule has 1 heterocycles. The average Bonchev–Trinajstić information content (AvgIpc) is 3.06. The fourth-order valence-electron chi connectivity index (χ4n) is 2.84. The van der Waals surface area contributed by atoms with Gasteiger partial charge in [0, 0.05) is 16.6 Å². The Morgan fingerprint density at radius 1 is 1.28 bits per heavy atom. The maximum atomic E-state index is 14.0. The minimum Gasteiger partial charge on any atom is -0.323 e. The Balaban J connectivity index is 1.79. The van der Waals surface area contributed by atoms with E-state index in [-0.39, 0.29) is 11.6 Å². The molecule has 0 fully saturated rings. The number of carbonyl (C=O) groups excluding carboxylic acids is 1. The van der Waals surface area contributed by atoms with Gasteiger partial charge in [-0.2, -0.15) is 0 Å². The van der Waals surface area contributed by atoms with Crippen molar-refractivity contribution in [3.63, 3.8) is 0 Å². The van der Waals surface area contributed by atoms with Crippen molar-refractivity contribution < 1.29 is 9.18 Å². The van der Waals surface area contributed by atoms with Crippen LogP contribution in [0.25, 0.3) is 11.4 Å². The molecule has 1 unspecified atom stereocenters. The number of halogens is 2. The van der Waals surface area contributed by atoms with Crippen molar-refractivity contribution in [3.05, 3.63) is 58.3 Å². The van der Waals surface area contributed by atoms with E-state index in [4.69, 9.17) is 0 Å². The van der Waals surface area contributed by atoms with E-state index < -0.39 is 11.1 Å². The van der Waals surface area contributed by atoms with E-state index in [1.165, 1.54) is 23.9 Å². The highest BCUT2D eigenvalue weighted by molar-refractivity contribution is 9.10. The minimum absolute atomic E-state index is 0.154. The van der Waals surface area contributed by atoms with E-state index in [9.17, 15) is 9.18 Å². The molecule has 3 aromatic rings. The normalized spacial score (nSPS) is 12.0. The monoisotopic (exact) mass is 476 g/mol. The summed E-state index contributed by atoms with van der Waals surface area (Å²) in [7, 11) is 0. The number of carbonyl (C=O) groups is 1. The molecule has 0 spiro atoms. The first kappa shape index (κ1) is 21.5. The minimum atomic E-state index is -0.485. The smallest absolute Gasteiger partial charge is 0.237 e. The Morgan fingerprint density at radius 2 is 2.07 bits per heavy atom. The Morgan fingerprint density at radius 3 is 2.76 bits per heavy atom. The molecule has 29 heavy (non-hydrogen) atoms. The molecular weight excluding hydrogens is 455 g/mol. The Kier molecular flexibility index (Phi) is 7.08. The van der Waals surface area contributed by atoms with Crippen LogP contribution in [0.15, 0.2) is 52.1 Å². The molecule has 0 saturated heterocycles. The summed E-state index contributed by atoms with van der Waals surface area (Å²) >= 11 is 4.52. The summed E-state index contributed by atoms with van der Waals surface area (Å²) < 4.78 is 16.7. The number of aromatic nitrogens is 3. The highest BCUT2D eigenvalue weighted by Crippen LogP contribution is 2.28. The first-order chi connectivity index (χ1) is 13.9. The number of hydrogen-bond donors (Lipinski definition) is 1. The Bertz CT molecular complexity index is 1020. The van der Waals surface area contributed by atoms with Gasteiger partial charge in [-0.3, -0.25) is 4.79 Å². The molecule has 1 atom stereocenters. The Labute approximate surface area is 182 Å². The molecule has 0 aliphatic rings.